The van der Waals surface area contributed by atoms with Crippen LogP contribution in [0.25, 0.3) is 83.1 Å². The molecule has 0 fully saturated rings. The van der Waals surface area contributed by atoms with Crippen molar-refractivity contribution in [3.8, 4) is 61.3 Å². The lowest BCUT2D eigenvalue weighted by Gasteiger charge is -2.30. The molecule has 0 amide bonds. The van der Waals surface area contributed by atoms with Crippen molar-refractivity contribution in [1.82, 2.24) is 4.57 Å². The molecule has 0 aliphatic rings. The number of anilines is 3. The second-order valence-electron chi connectivity index (χ2n) is 15.7. The summed E-state index contributed by atoms with van der Waals surface area (Å²) in [4.78, 5) is 2.47. The summed E-state index contributed by atoms with van der Waals surface area (Å²) in [5, 5.41) is 2.45. The van der Waals surface area contributed by atoms with Gasteiger partial charge in [-0.3, -0.25) is 0 Å². The standard InChI is InChI=1S/C60H42N2/c1-6-19-43(20-7-1)44-33-35-47(36-34-44)52-39-37-50(41-56(52)46-23-10-3-11-24-46)61(58-32-18-30-53(45-21-8-2-9-22-45)60(58)48-25-12-4-13-26-48)51-38-40-55-54-29-16-17-31-57(54)62(59(55)42-51)49-27-14-5-15-28-49/h1-42H. The Morgan fingerprint density at radius 1 is 0.274 bits per heavy atom. The van der Waals surface area contributed by atoms with E-state index in [-0.39, 0.29) is 0 Å². The summed E-state index contributed by atoms with van der Waals surface area (Å²) >= 11 is 0. The van der Waals surface area contributed by atoms with E-state index in [2.05, 4.69) is 264 Å². The van der Waals surface area contributed by atoms with E-state index >= 15 is 0 Å². The number of nitrogens with zero attached hydrogens (tertiary/aromatic N) is 2. The van der Waals surface area contributed by atoms with Crippen LogP contribution in [0.5, 0.6) is 0 Å². The van der Waals surface area contributed by atoms with E-state index in [1.165, 1.54) is 60.8 Å². The molecule has 0 saturated carbocycles. The minimum atomic E-state index is 1.07. The van der Waals surface area contributed by atoms with Crippen LogP contribution < -0.4 is 4.90 Å². The average Bonchev–Trinajstić information content (AvgIpc) is 3.69. The van der Waals surface area contributed by atoms with Gasteiger partial charge in [0.2, 0.25) is 0 Å². The fraction of sp³-hybridized carbons (Fsp3) is 0. The molecule has 292 valence electrons. The van der Waals surface area contributed by atoms with Gasteiger partial charge in [-0.15, -0.1) is 0 Å². The number of rotatable bonds is 9. The van der Waals surface area contributed by atoms with Crippen molar-refractivity contribution in [3.63, 3.8) is 0 Å². The minimum Gasteiger partial charge on any atom is -0.310 e. The third-order valence-corrected chi connectivity index (χ3v) is 12.0. The lowest BCUT2D eigenvalue weighted by molar-refractivity contribution is 1.18. The van der Waals surface area contributed by atoms with Crippen LogP contribution in [0.4, 0.5) is 17.1 Å². The van der Waals surface area contributed by atoms with Gasteiger partial charge in [0.15, 0.2) is 0 Å². The highest BCUT2D eigenvalue weighted by Gasteiger charge is 2.23. The molecule has 0 aliphatic heterocycles. The van der Waals surface area contributed by atoms with Crippen molar-refractivity contribution in [2.24, 2.45) is 0 Å². The van der Waals surface area contributed by atoms with Gasteiger partial charge in [0.05, 0.1) is 16.7 Å². The fourth-order valence-electron chi connectivity index (χ4n) is 9.13. The first-order valence-electron chi connectivity index (χ1n) is 21.3. The van der Waals surface area contributed by atoms with Crippen LogP contribution in [0.15, 0.2) is 255 Å². The lowest BCUT2D eigenvalue weighted by Crippen LogP contribution is -2.12. The van der Waals surface area contributed by atoms with Crippen LogP contribution >= 0.6 is 0 Å². The maximum atomic E-state index is 2.47. The van der Waals surface area contributed by atoms with Gasteiger partial charge in [0, 0.05) is 33.4 Å². The van der Waals surface area contributed by atoms with Gasteiger partial charge in [-0.05, 0) is 98.6 Å². The van der Waals surface area contributed by atoms with E-state index in [0.717, 1.165) is 39.4 Å². The Bertz CT molecular complexity index is 3300. The smallest absolute Gasteiger partial charge is 0.0561 e. The van der Waals surface area contributed by atoms with Crippen molar-refractivity contribution < 1.29 is 0 Å². The number of fused-ring (bicyclic) bond motifs is 3. The van der Waals surface area contributed by atoms with Crippen LogP contribution in [-0.2, 0) is 0 Å². The van der Waals surface area contributed by atoms with Gasteiger partial charge in [0.25, 0.3) is 0 Å². The Morgan fingerprint density at radius 2 is 0.758 bits per heavy atom. The third-order valence-electron chi connectivity index (χ3n) is 12.0. The molecule has 0 atom stereocenters. The van der Waals surface area contributed by atoms with E-state index in [4.69, 9.17) is 0 Å². The van der Waals surface area contributed by atoms with Crippen LogP contribution in [-0.4, -0.2) is 4.57 Å². The monoisotopic (exact) mass is 790 g/mol. The highest BCUT2D eigenvalue weighted by atomic mass is 15.1. The summed E-state index contributed by atoms with van der Waals surface area (Å²) in [6.07, 6.45) is 0. The van der Waals surface area contributed by atoms with Crippen molar-refractivity contribution in [1.29, 1.82) is 0 Å². The topological polar surface area (TPSA) is 8.17 Å². The second-order valence-corrected chi connectivity index (χ2v) is 15.7. The maximum absolute atomic E-state index is 2.47. The quantitative estimate of drug-likeness (QED) is 0.141. The van der Waals surface area contributed by atoms with Gasteiger partial charge in [-0.1, -0.05) is 206 Å². The first-order chi connectivity index (χ1) is 30.8. The molecular weight excluding hydrogens is 749 g/mol. The number of para-hydroxylation sites is 2. The summed E-state index contributed by atoms with van der Waals surface area (Å²) in [6.45, 7) is 0. The highest BCUT2D eigenvalue weighted by Crippen LogP contribution is 2.48. The van der Waals surface area contributed by atoms with E-state index in [1.807, 2.05) is 0 Å². The molecule has 62 heavy (non-hydrogen) atoms. The summed E-state index contributed by atoms with van der Waals surface area (Å²) in [5.41, 5.74) is 18.5. The van der Waals surface area contributed by atoms with Crippen LogP contribution in [0.3, 0.4) is 0 Å². The van der Waals surface area contributed by atoms with Crippen LogP contribution in [0, 0.1) is 0 Å². The summed E-state index contributed by atoms with van der Waals surface area (Å²) in [6, 6.07) is 92.2. The van der Waals surface area contributed by atoms with Crippen molar-refractivity contribution in [3.05, 3.63) is 255 Å². The summed E-state index contributed by atoms with van der Waals surface area (Å²) in [7, 11) is 0. The molecule has 0 spiro atoms. The predicted molar refractivity (Wildman–Crippen MR) is 263 cm³/mol. The van der Waals surface area contributed by atoms with Crippen LogP contribution in [0.1, 0.15) is 0 Å². The highest BCUT2D eigenvalue weighted by molar-refractivity contribution is 6.11. The molecule has 0 saturated heterocycles. The maximum Gasteiger partial charge on any atom is 0.0561 e. The molecule has 2 heteroatoms. The fourth-order valence-corrected chi connectivity index (χ4v) is 9.13. The predicted octanol–water partition coefficient (Wildman–Crippen LogP) is 16.6. The molecule has 11 rings (SSSR count). The molecule has 1 heterocycles. The van der Waals surface area contributed by atoms with Gasteiger partial charge >= 0.3 is 0 Å². The Labute approximate surface area is 362 Å². The third kappa shape index (κ3) is 6.74. The average molecular weight is 791 g/mol. The van der Waals surface area contributed by atoms with Crippen molar-refractivity contribution in [2.75, 3.05) is 4.90 Å². The number of hydrogen-bond acceptors (Lipinski definition) is 1. The van der Waals surface area contributed by atoms with Gasteiger partial charge in [0.1, 0.15) is 0 Å². The molecule has 0 bridgehead atoms. The SMILES string of the molecule is c1ccc(-c2ccc(-c3ccc(N(c4ccc5c6ccccc6n(-c6ccccc6)c5c4)c4cccc(-c5ccccc5)c4-c4ccccc4)cc3-c3ccccc3)cc2)cc1. The largest absolute Gasteiger partial charge is 0.310 e. The molecule has 0 N–H and O–H groups in total. The molecule has 0 radical (unpaired) electrons. The number of aromatic nitrogens is 1. The van der Waals surface area contributed by atoms with E-state index in [0.29, 0.717) is 0 Å². The minimum absolute atomic E-state index is 1.07. The molecule has 1 aromatic heterocycles. The number of hydrogen-bond donors (Lipinski definition) is 0. The summed E-state index contributed by atoms with van der Waals surface area (Å²) < 4.78 is 2.41. The number of benzene rings is 10. The first-order valence-corrected chi connectivity index (χ1v) is 21.3. The molecular formula is C60H42N2. The molecule has 0 aliphatic carbocycles. The van der Waals surface area contributed by atoms with Crippen molar-refractivity contribution in [2.45, 2.75) is 0 Å². The zero-order valence-corrected chi connectivity index (χ0v) is 34.1. The zero-order chi connectivity index (χ0) is 41.2. The first kappa shape index (κ1) is 36.8. The van der Waals surface area contributed by atoms with E-state index in [1.54, 1.807) is 0 Å². The molecule has 11 aromatic rings. The Balaban J connectivity index is 1.18. The van der Waals surface area contributed by atoms with Gasteiger partial charge in [-0.25, -0.2) is 0 Å². The molecule has 0 unspecified atom stereocenters. The Kier molecular flexibility index (Phi) is 9.57. The zero-order valence-electron chi connectivity index (χ0n) is 34.1. The second kappa shape index (κ2) is 16.1. The normalized spacial score (nSPS) is 11.2. The molecule has 10 aromatic carbocycles. The Morgan fingerprint density at radius 3 is 1.44 bits per heavy atom. The van der Waals surface area contributed by atoms with E-state index < -0.39 is 0 Å². The van der Waals surface area contributed by atoms with Crippen molar-refractivity contribution >= 4 is 38.9 Å². The Hall–Kier alpha value is -8.20. The molecule has 2 nitrogen and oxygen atoms in total. The van der Waals surface area contributed by atoms with Crippen LogP contribution in [0.2, 0.25) is 0 Å². The van der Waals surface area contributed by atoms with Gasteiger partial charge < -0.3 is 9.47 Å². The van der Waals surface area contributed by atoms with E-state index in [9.17, 15) is 0 Å². The van der Waals surface area contributed by atoms with Gasteiger partial charge in [-0.2, -0.15) is 0 Å². The lowest BCUT2D eigenvalue weighted by atomic mass is 9.91. The summed E-state index contributed by atoms with van der Waals surface area (Å²) in [5.74, 6) is 0.